The van der Waals surface area contributed by atoms with E-state index in [1.807, 2.05) is 42.5 Å². The molecule has 0 heterocycles. The van der Waals surface area contributed by atoms with Crippen molar-refractivity contribution >= 4 is 17.9 Å². The van der Waals surface area contributed by atoms with E-state index >= 15 is 0 Å². The van der Waals surface area contributed by atoms with Crippen molar-refractivity contribution in [2.45, 2.75) is 252 Å². The number of rotatable bonds is 46. The highest BCUT2D eigenvalue weighted by Gasteiger charge is 2.19. The number of ether oxygens (including phenoxy) is 3. The second kappa shape index (κ2) is 50.5. The van der Waals surface area contributed by atoms with Gasteiger partial charge in [0.1, 0.15) is 13.2 Å². The fourth-order valence-electron chi connectivity index (χ4n) is 7.15. The van der Waals surface area contributed by atoms with Crippen LogP contribution < -0.4 is 0 Å². The summed E-state index contributed by atoms with van der Waals surface area (Å²) in [6.45, 7) is 6.41. The van der Waals surface area contributed by atoms with Crippen molar-refractivity contribution in [1.29, 1.82) is 0 Å². The summed E-state index contributed by atoms with van der Waals surface area (Å²) in [7, 11) is 0. The van der Waals surface area contributed by atoms with Gasteiger partial charge in [0.25, 0.3) is 0 Å². The highest BCUT2D eigenvalue weighted by atomic mass is 16.6. The number of unbranched alkanes of at least 4 members (excludes halogenated alkanes) is 26. The van der Waals surface area contributed by atoms with Gasteiger partial charge in [0.15, 0.2) is 6.10 Å². The molecule has 0 aliphatic carbocycles. The third-order valence-electron chi connectivity index (χ3n) is 11.1. The summed E-state index contributed by atoms with van der Waals surface area (Å²) in [5, 5.41) is 0. The molecule has 0 rings (SSSR count). The molecule has 62 heavy (non-hydrogen) atoms. The third kappa shape index (κ3) is 47.9. The smallest absolute Gasteiger partial charge is 0.306 e. The molecule has 0 aromatic rings. The molecular weight excluding hydrogens is 769 g/mol. The van der Waals surface area contributed by atoms with Gasteiger partial charge in [0.2, 0.25) is 0 Å². The van der Waals surface area contributed by atoms with Crippen LogP contribution in [0.1, 0.15) is 245 Å². The van der Waals surface area contributed by atoms with Crippen molar-refractivity contribution in [3.8, 4) is 0 Å². The van der Waals surface area contributed by atoms with E-state index < -0.39 is 6.10 Å². The number of allylic oxidation sites excluding steroid dienone is 12. The van der Waals surface area contributed by atoms with E-state index in [2.05, 4.69) is 51.2 Å². The summed E-state index contributed by atoms with van der Waals surface area (Å²) >= 11 is 0. The quantitative estimate of drug-likeness (QED) is 0.0199. The van der Waals surface area contributed by atoms with Crippen LogP contribution in [0.25, 0.3) is 0 Å². The van der Waals surface area contributed by atoms with Crippen LogP contribution in [0.3, 0.4) is 0 Å². The predicted octanol–water partition coefficient (Wildman–Crippen LogP) is 17.0. The van der Waals surface area contributed by atoms with Gasteiger partial charge in [0, 0.05) is 19.3 Å². The Morgan fingerprint density at radius 2 is 0.726 bits per heavy atom. The van der Waals surface area contributed by atoms with E-state index in [-0.39, 0.29) is 44.0 Å². The third-order valence-corrected chi connectivity index (χ3v) is 11.1. The molecule has 0 N–H and O–H groups in total. The molecule has 1 atom stereocenters. The van der Waals surface area contributed by atoms with Gasteiger partial charge >= 0.3 is 17.9 Å². The molecule has 0 saturated heterocycles. The van der Waals surface area contributed by atoms with Crippen LogP contribution in [0.2, 0.25) is 0 Å². The number of hydrogen-bond acceptors (Lipinski definition) is 6. The molecule has 0 aliphatic heterocycles. The fraction of sp³-hybridized carbons (Fsp3) is 0.732. The minimum Gasteiger partial charge on any atom is -0.462 e. The molecule has 0 saturated carbocycles. The van der Waals surface area contributed by atoms with Crippen LogP contribution in [0.4, 0.5) is 0 Å². The van der Waals surface area contributed by atoms with Crippen molar-refractivity contribution in [3.05, 3.63) is 72.9 Å². The summed E-state index contributed by atoms with van der Waals surface area (Å²) in [4.78, 5) is 37.9. The van der Waals surface area contributed by atoms with Crippen LogP contribution in [0.15, 0.2) is 72.9 Å². The number of carbonyl (C=O) groups excluding carboxylic acids is 3. The predicted molar refractivity (Wildman–Crippen MR) is 265 cm³/mol. The summed E-state index contributed by atoms with van der Waals surface area (Å²) in [5.74, 6) is -1.01. The average molecular weight is 865 g/mol. The van der Waals surface area contributed by atoms with Crippen LogP contribution in [0, 0.1) is 0 Å². The summed E-state index contributed by atoms with van der Waals surface area (Å²) in [6.07, 6.45) is 63.3. The molecule has 0 bridgehead atoms. The van der Waals surface area contributed by atoms with Gasteiger partial charge in [-0.15, -0.1) is 0 Å². The van der Waals surface area contributed by atoms with Crippen LogP contribution >= 0.6 is 0 Å². The molecule has 0 aromatic carbocycles. The lowest BCUT2D eigenvalue weighted by atomic mass is 10.0. The second-order valence-corrected chi connectivity index (χ2v) is 17.1. The molecule has 6 nitrogen and oxygen atoms in total. The van der Waals surface area contributed by atoms with Crippen LogP contribution in [-0.4, -0.2) is 37.2 Å². The Morgan fingerprint density at radius 3 is 1.23 bits per heavy atom. The van der Waals surface area contributed by atoms with Crippen LogP contribution in [-0.2, 0) is 28.6 Å². The molecule has 0 amide bonds. The van der Waals surface area contributed by atoms with E-state index in [9.17, 15) is 14.4 Å². The SMILES string of the molecule is CC/C=C/C=C/C=C/C=C/CCCCCC(=O)OC(COC(=O)CC/C=C/C/C=C/CCCCCCCC)COC(=O)CCCCCCCCCCCCCCCCCCCC. The second-order valence-electron chi connectivity index (χ2n) is 17.1. The molecule has 356 valence electrons. The molecule has 1 unspecified atom stereocenters. The lowest BCUT2D eigenvalue weighted by molar-refractivity contribution is -0.166. The van der Waals surface area contributed by atoms with Gasteiger partial charge in [0.05, 0.1) is 0 Å². The molecule has 6 heteroatoms. The topological polar surface area (TPSA) is 78.9 Å². The van der Waals surface area contributed by atoms with Crippen molar-refractivity contribution in [2.24, 2.45) is 0 Å². The Morgan fingerprint density at radius 1 is 0.355 bits per heavy atom. The van der Waals surface area contributed by atoms with Gasteiger partial charge in [-0.2, -0.15) is 0 Å². The highest BCUT2D eigenvalue weighted by Crippen LogP contribution is 2.15. The molecule has 0 spiro atoms. The number of hydrogen-bond donors (Lipinski definition) is 0. The standard InChI is InChI=1S/C56H96O6/c1-4-7-10-13-16-19-22-25-26-27-28-29-32-34-37-40-43-46-49-55(58)61-52-53(62-56(59)50-47-44-41-38-35-31-24-21-18-15-12-9-6-3)51-60-54(57)48-45-42-39-36-33-30-23-20-17-14-11-8-5-2/h9,12,15,18,21,24,30-31,33,35,39,42,53H,4-8,10-11,13-14,16-17,19-20,22-23,25-29,32,34,36-38,40-41,43-52H2,1-3H3/b12-9+,18-15+,24-21+,33-30+,35-31+,42-39+. The summed E-state index contributed by atoms with van der Waals surface area (Å²) in [6, 6.07) is 0. The molecule has 0 aromatic heterocycles. The average Bonchev–Trinajstić information content (AvgIpc) is 3.27. The zero-order valence-electron chi connectivity index (χ0n) is 40.6. The maximum atomic E-state index is 12.8. The van der Waals surface area contributed by atoms with Gasteiger partial charge in [-0.05, 0) is 57.8 Å². The maximum absolute atomic E-state index is 12.8. The Balaban J connectivity index is 4.43. The first kappa shape index (κ1) is 58.9. The Bertz CT molecular complexity index is 1180. The van der Waals surface area contributed by atoms with Crippen molar-refractivity contribution in [2.75, 3.05) is 13.2 Å². The normalized spacial score (nSPS) is 12.6. The molecule has 0 fully saturated rings. The van der Waals surface area contributed by atoms with Crippen LogP contribution in [0.5, 0.6) is 0 Å². The van der Waals surface area contributed by atoms with Gasteiger partial charge in [-0.3, -0.25) is 14.4 Å². The van der Waals surface area contributed by atoms with E-state index in [1.165, 1.54) is 135 Å². The Kier molecular flexibility index (Phi) is 47.9. The van der Waals surface area contributed by atoms with Gasteiger partial charge < -0.3 is 14.2 Å². The lowest BCUT2D eigenvalue weighted by Crippen LogP contribution is -2.30. The first-order valence-electron chi connectivity index (χ1n) is 26.0. The molecule has 0 aliphatic rings. The molecule has 0 radical (unpaired) electrons. The van der Waals surface area contributed by atoms with Gasteiger partial charge in [-0.1, -0.05) is 241 Å². The fourth-order valence-corrected chi connectivity index (χ4v) is 7.15. The summed E-state index contributed by atoms with van der Waals surface area (Å²) in [5.41, 5.74) is 0. The van der Waals surface area contributed by atoms with Gasteiger partial charge in [-0.25, -0.2) is 0 Å². The summed E-state index contributed by atoms with van der Waals surface area (Å²) < 4.78 is 16.7. The van der Waals surface area contributed by atoms with Crippen molar-refractivity contribution < 1.29 is 28.6 Å². The monoisotopic (exact) mass is 865 g/mol. The number of esters is 3. The van der Waals surface area contributed by atoms with Crippen molar-refractivity contribution in [1.82, 2.24) is 0 Å². The Hall–Kier alpha value is -3.15. The zero-order chi connectivity index (χ0) is 45.1. The van der Waals surface area contributed by atoms with Crippen molar-refractivity contribution in [3.63, 3.8) is 0 Å². The molecular formula is C56H96O6. The van der Waals surface area contributed by atoms with E-state index in [1.54, 1.807) is 0 Å². The van der Waals surface area contributed by atoms with E-state index in [0.29, 0.717) is 19.3 Å². The first-order valence-corrected chi connectivity index (χ1v) is 26.0. The minimum absolute atomic E-state index is 0.107. The Labute approximate surface area is 382 Å². The zero-order valence-corrected chi connectivity index (χ0v) is 40.6. The largest absolute Gasteiger partial charge is 0.462 e. The minimum atomic E-state index is -0.815. The lowest BCUT2D eigenvalue weighted by Gasteiger charge is -2.18. The number of carbonyl (C=O) groups is 3. The van der Waals surface area contributed by atoms with E-state index in [4.69, 9.17) is 14.2 Å². The maximum Gasteiger partial charge on any atom is 0.306 e. The van der Waals surface area contributed by atoms with E-state index in [0.717, 1.165) is 57.8 Å². The highest BCUT2D eigenvalue weighted by molar-refractivity contribution is 5.71. The first-order chi connectivity index (χ1) is 30.5.